The Kier molecular flexibility index (Phi) is 5.87. The summed E-state index contributed by atoms with van der Waals surface area (Å²) in [6.07, 6.45) is 4.05. The zero-order valence-corrected chi connectivity index (χ0v) is 16.9. The van der Waals surface area contributed by atoms with Gasteiger partial charge in [-0.05, 0) is 48.4 Å². The van der Waals surface area contributed by atoms with E-state index in [1.54, 1.807) is 16.7 Å². The van der Waals surface area contributed by atoms with E-state index in [2.05, 4.69) is 18.8 Å². The van der Waals surface area contributed by atoms with Crippen molar-refractivity contribution >= 4 is 23.3 Å². The molecular weight excluding hydrogens is 356 g/mol. The number of aromatic nitrogens is 2. The first-order valence-electron chi connectivity index (χ1n) is 8.99. The van der Waals surface area contributed by atoms with Crippen molar-refractivity contribution in [2.75, 3.05) is 20.1 Å². The van der Waals surface area contributed by atoms with Crippen LogP contribution in [0, 0.1) is 5.41 Å². The SMILES string of the molecule is CN(CC(C)(C)CN)C(=O)c1ccc(SCc2cn3ccccc3n2)cc1. The van der Waals surface area contributed by atoms with Gasteiger partial charge in [-0.25, -0.2) is 4.98 Å². The fourth-order valence-corrected chi connectivity index (χ4v) is 3.69. The molecule has 0 bridgehead atoms. The van der Waals surface area contributed by atoms with E-state index in [1.807, 2.05) is 66.3 Å². The maximum Gasteiger partial charge on any atom is 0.253 e. The Labute approximate surface area is 164 Å². The van der Waals surface area contributed by atoms with Crippen LogP contribution in [-0.2, 0) is 5.75 Å². The molecule has 1 amide bonds. The third-order valence-electron chi connectivity index (χ3n) is 4.47. The number of hydrogen-bond donors (Lipinski definition) is 1. The topological polar surface area (TPSA) is 63.6 Å². The van der Waals surface area contributed by atoms with Gasteiger partial charge in [0.25, 0.3) is 5.91 Å². The third kappa shape index (κ3) is 4.90. The second-order valence-corrected chi connectivity index (χ2v) is 8.59. The monoisotopic (exact) mass is 382 g/mol. The molecule has 6 heteroatoms. The number of rotatable bonds is 7. The zero-order valence-electron chi connectivity index (χ0n) is 16.1. The largest absolute Gasteiger partial charge is 0.341 e. The molecule has 2 aromatic heterocycles. The molecule has 3 aromatic rings. The average molecular weight is 383 g/mol. The number of nitrogens with zero attached hydrogens (tertiary/aromatic N) is 3. The molecule has 0 saturated heterocycles. The van der Waals surface area contributed by atoms with Crippen molar-refractivity contribution in [1.82, 2.24) is 14.3 Å². The minimum Gasteiger partial charge on any atom is -0.341 e. The molecule has 2 N–H and O–H groups in total. The molecule has 0 spiro atoms. The molecule has 0 aliphatic carbocycles. The summed E-state index contributed by atoms with van der Waals surface area (Å²) in [7, 11) is 1.83. The fraction of sp³-hybridized carbons (Fsp3) is 0.333. The van der Waals surface area contributed by atoms with Gasteiger partial charge in [-0.3, -0.25) is 4.79 Å². The number of carbonyl (C=O) groups is 1. The maximum atomic E-state index is 12.6. The van der Waals surface area contributed by atoms with Gasteiger partial charge in [0.2, 0.25) is 0 Å². The van der Waals surface area contributed by atoms with E-state index in [0.717, 1.165) is 22.0 Å². The summed E-state index contributed by atoms with van der Waals surface area (Å²) in [6.45, 7) is 5.31. The molecule has 5 nitrogen and oxygen atoms in total. The number of carbonyl (C=O) groups excluding carboxylic acids is 1. The molecule has 0 atom stereocenters. The summed E-state index contributed by atoms with van der Waals surface area (Å²) in [5.41, 5.74) is 8.37. The van der Waals surface area contributed by atoms with Crippen LogP contribution in [-0.4, -0.2) is 40.3 Å². The van der Waals surface area contributed by atoms with Crippen LogP contribution >= 0.6 is 11.8 Å². The highest BCUT2D eigenvalue weighted by Gasteiger charge is 2.21. The summed E-state index contributed by atoms with van der Waals surface area (Å²) in [4.78, 5) is 20.1. The molecular formula is C21H26N4OS. The van der Waals surface area contributed by atoms with E-state index in [9.17, 15) is 4.79 Å². The van der Waals surface area contributed by atoms with Crippen LogP contribution in [0.25, 0.3) is 5.65 Å². The van der Waals surface area contributed by atoms with Gasteiger partial charge in [0.05, 0.1) is 5.69 Å². The van der Waals surface area contributed by atoms with Crippen LogP contribution < -0.4 is 5.73 Å². The van der Waals surface area contributed by atoms with Gasteiger partial charge in [0.1, 0.15) is 5.65 Å². The Morgan fingerprint density at radius 3 is 2.63 bits per heavy atom. The van der Waals surface area contributed by atoms with Gasteiger partial charge >= 0.3 is 0 Å². The van der Waals surface area contributed by atoms with Crippen molar-refractivity contribution in [3.05, 3.63) is 66.1 Å². The summed E-state index contributed by atoms with van der Waals surface area (Å²) in [6, 6.07) is 13.7. The van der Waals surface area contributed by atoms with Crippen molar-refractivity contribution in [3.63, 3.8) is 0 Å². The Hall–Kier alpha value is -2.31. The van der Waals surface area contributed by atoms with E-state index in [0.29, 0.717) is 18.7 Å². The van der Waals surface area contributed by atoms with Gasteiger partial charge in [0.15, 0.2) is 0 Å². The van der Waals surface area contributed by atoms with Crippen LogP contribution in [0.4, 0.5) is 0 Å². The second kappa shape index (κ2) is 8.15. The number of nitrogens with two attached hydrogens (primary N) is 1. The average Bonchev–Trinajstić information content (AvgIpc) is 3.09. The molecule has 27 heavy (non-hydrogen) atoms. The van der Waals surface area contributed by atoms with Crippen LogP contribution in [0.5, 0.6) is 0 Å². The van der Waals surface area contributed by atoms with Crippen molar-refractivity contribution in [3.8, 4) is 0 Å². The number of benzene rings is 1. The lowest BCUT2D eigenvalue weighted by atomic mass is 9.93. The van der Waals surface area contributed by atoms with Gasteiger partial charge in [0, 0.05) is 42.2 Å². The summed E-state index contributed by atoms with van der Waals surface area (Å²) in [5, 5.41) is 0. The number of hydrogen-bond acceptors (Lipinski definition) is 4. The standard InChI is InChI=1S/C21H26N4OS/c1-21(2,14-22)15-24(3)20(26)16-7-9-18(10-8-16)27-13-17-12-25-11-5-4-6-19(25)23-17/h4-12H,13-15,22H2,1-3H3. The smallest absolute Gasteiger partial charge is 0.253 e. The van der Waals surface area contributed by atoms with Crippen LogP contribution in [0.3, 0.4) is 0 Å². The highest BCUT2D eigenvalue weighted by Crippen LogP contribution is 2.24. The lowest BCUT2D eigenvalue weighted by Crippen LogP contribution is -2.39. The normalized spacial score (nSPS) is 11.7. The zero-order chi connectivity index (χ0) is 19.4. The molecule has 0 aliphatic heterocycles. The third-order valence-corrected chi connectivity index (χ3v) is 5.51. The van der Waals surface area contributed by atoms with Crippen molar-refractivity contribution in [2.45, 2.75) is 24.5 Å². The Morgan fingerprint density at radius 1 is 1.22 bits per heavy atom. The number of fused-ring (bicyclic) bond motifs is 1. The predicted molar refractivity (Wildman–Crippen MR) is 111 cm³/mol. The van der Waals surface area contributed by atoms with Crippen LogP contribution in [0.2, 0.25) is 0 Å². The van der Waals surface area contributed by atoms with Crippen molar-refractivity contribution in [2.24, 2.45) is 11.1 Å². The minimum atomic E-state index is -0.0890. The first kappa shape index (κ1) is 19.5. The minimum absolute atomic E-state index is 0.0217. The Morgan fingerprint density at radius 2 is 1.96 bits per heavy atom. The number of thioether (sulfide) groups is 1. The van der Waals surface area contributed by atoms with Gasteiger partial charge in [-0.2, -0.15) is 0 Å². The molecule has 1 aromatic carbocycles. The van der Waals surface area contributed by atoms with Crippen LogP contribution in [0.15, 0.2) is 59.8 Å². The molecule has 0 aliphatic rings. The first-order valence-corrected chi connectivity index (χ1v) is 9.97. The van der Waals surface area contributed by atoms with E-state index in [-0.39, 0.29) is 11.3 Å². The summed E-state index contributed by atoms with van der Waals surface area (Å²) >= 11 is 1.71. The number of amides is 1. The number of pyridine rings is 1. The lowest BCUT2D eigenvalue weighted by Gasteiger charge is -2.29. The quantitative estimate of drug-likeness (QED) is 0.633. The van der Waals surface area contributed by atoms with Crippen molar-refractivity contribution < 1.29 is 4.79 Å². The Balaban J connectivity index is 1.60. The van der Waals surface area contributed by atoms with Crippen molar-refractivity contribution in [1.29, 1.82) is 0 Å². The number of imidazole rings is 1. The maximum absolute atomic E-state index is 12.6. The molecule has 0 unspecified atom stereocenters. The van der Waals surface area contributed by atoms with Gasteiger partial charge in [-0.15, -0.1) is 11.8 Å². The van der Waals surface area contributed by atoms with E-state index in [1.165, 1.54) is 0 Å². The van der Waals surface area contributed by atoms with E-state index >= 15 is 0 Å². The highest BCUT2D eigenvalue weighted by atomic mass is 32.2. The molecule has 0 radical (unpaired) electrons. The van der Waals surface area contributed by atoms with Gasteiger partial charge < -0.3 is 15.0 Å². The molecule has 0 fully saturated rings. The van der Waals surface area contributed by atoms with Crippen LogP contribution in [0.1, 0.15) is 29.9 Å². The first-order chi connectivity index (χ1) is 12.9. The van der Waals surface area contributed by atoms with E-state index < -0.39 is 0 Å². The molecule has 3 rings (SSSR count). The molecule has 0 saturated carbocycles. The summed E-state index contributed by atoms with van der Waals surface area (Å²) in [5.74, 6) is 0.813. The Bertz CT molecular complexity index is 884. The molecule has 142 valence electrons. The molecule has 2 heterocycles. The highest BCUT2D eigenvalue weighted by molar-refractivity contribution is 7.98. The predicted octanol–water partition coefficient (Wildman–Crippen LogP) is 3.68. The fourth-order valence-electron chi connectivity index (χ4n) is 2.91. The lowest BCUT2D eigenvalue weighted by molar-refractivity contribution is 0.0740. The van der Waals surface area contributed by atoms with Gasteiger partial charge in [-0.1, -0.05) is 19.9 Å². The van der Waals surface area contributed by atoms with E-state index in [4.69, 9.17) is 5.73 Å². The summed E-state index contributed by atoms with van der Waals surface area (Å²) < 4.78 is 2.02. The second-order valence-electron chi connectivity index (χ2n) is 7.54.